The van der Waals surface area contributed by atoms with E-state index in [-0.39, 0.29) is 36.2 Å². The van der Waals surface area contributed by atoms with E-state index in [0.717, 1.165) is 16.7 Å². The maximum absolute atomic E-state index is 13.8. The maximum atomic E-state index is 13.8. The first-order valence-electron chi connectivity index (χ1n) is 13.2. The van der Waals surface area contributed by atoms with Gasteiger partial charge in [-0.15, -0.1) is 6.58 Å². The Hall–Kier alpha value is -3.95. The average molecular weight is 564 g/mol. The van der Waals surface area contributed by atoms with Crippen LogP contribution in [0.5, 0.6) is 5.75 Å². The lowest BCUT2D eigenvalue weighted by atomic mass is 10.0. The maximum Gasteiger partial charge on any atom is 0.243 e. The number of carbonyl (C=O) groups excluding carboxylic acids is 2. The molecule has 2 N–H and O–H groups in total. The first-order valence-corrected chi connectivity index (χ1v) is 14.7. The van der Waals surface area contributed by atoms with Gasteiger partial charge in [0.05, 0.1) is 12.0 Å². The molecule has 8 nitrogen and oxygen atoms in total. The van der Waals surface area contributed by atoms with Gasteiger partial charge in [0.15, 0.2) is 0 Å². The molecule has 0 aliphatic heterocycles. The van der Waals surface area contributed by atoms with Crippen LogP contribution in [0.2, 0.25) is 0 Å². The molecule has 0 aliphatic rings. The summed E-state index contributed by atoms with van der Waals surface area (Å²) in [4.78, 5) is 28.9. The molecule has 3 aromatic rings. The normalized spacial score (nSPS) is 11.8. The fourth-order valence-corrected chi connectivity index (χ4v) is 5.32. The van der Waals surface area contributed by atoms with Crippen LogP contribution in [0.15, 0.2) is 96.4 Å². The van der Waals surface area contributed by atoms with Crippen molar-refractivity contribution in [1.29, 1.82) is 0 Å². The number of ether oxygens (including phenoxy) is 1. The van der Waals surface area contributed by atoms with Crippen molar-refractivity contribution in [2.45, 2.75) is 43.7 Å². The lowest BCUT2D eigenvalue weighted by Gasteiger charge is -2.31. The highest BCUT2D eigenvalue weighted by Crippen LogP contribution is 2.19. The second-order valence-electron chi connectivity index (χ2n) is 9.25. The topological polar surface area (TPSA) is 105 Å². The summed E-state index contributed by atoms with van der Waals surface area (Å²) in [5.41, 5.74) is 2.62. The third-order valence-corrected chi connectivity index (χ3v) is 7.96. The Labute approximate surface area is 237 Å². The predicted molar refractivity (Wildman–Crippen MR) is 156 cm³/mol. The quantitative estimate of drug-likeness (QED) is 0.273. The van der Waals surface area contributed by atoms with Crippen molar-refractivity contribution < 1.29 is 22.7 Å². The van der Waals surface area contributed by atoms with Gasteiger partial charge in [-0.05, 0) is 47.4 Å². The molecule has 3 rings (SSSR count). The van der Waals surface area contributed by atoms with Crippen molar-refractivity contribution in [3.8, 4) is 5.75 Å². The van der Waals surface area contributed by atoms with E-state index in [1.807, 2.05) is 54.6 Å². The lowest BCUT2D eigenvalue weighted by Crippen LogP contribution is -2.50. The fraction of sp³-hybridized carbons (Fsp3) is 0.290. The summed E-state index contributed by atoms with van der Waals surface area (Å²) >= 11 is 0. The zero-order valence-electron chi connectivity index (χ0n) is 23.0. The van der Waals surface area contributed by atoms with Crippen molar-refractivity contribution in [3.63, 3.8) is 0 Å². The predicted octanol–water partition coefficient (Wildman–Crippen LogP) is 3.87. The molecule has 40 heavy (non-hydrogen) atoms. The first-order chi connectivity index (χ1) is 19.3. The van der Waals surface area contributed by atoms with Gasteiger partial charge in [0.1, 0.15) is 11.8 Å². The van der Waals surface area contributed by atoms with E-state index in [1.165, 1.54) is 12.1 Å². The number of carbonyl (C=O) groups is 2. The number of benzene rings is 3. The molecule has 0 aliphatic carbocycles. The van der Waals surface area contributed by atoms with Crippen LogP contribution in [0.1, 0.15) is 30.0 Å². The monoisotopic (exact) mass is 563 g/mol. The SMILES string of the molecule is C=CCNC(=O)[C@H](Cc1ccccc1)N(Cc1ccc(OC)cc1)C(=O)CCc1ccc(S(=O)(=O)NCC)cc1. The molecular formula is C31H37N3O5S. The number of nitrogens with one attached hydrogen (secondary N) is 2. The Morgan fingerprint density at radius 2 is 1.60 bits per heavy atom. The molecule has 0 saturated carbocycles. The molecule has 0 radical (unpaired) electrons. The van der Waals surface area contributed by atoms with E-state index >= 15 is 0 Å². The molecule has 0 aromatic heterocycles. The van der Waals surface area contributed by atoms with Gasteiger partial charge in [-0.2, -0.15) is 0 Å². The van der Waals surface area contributed by atoms with Crippen LogP contribution < -0.4 is 14.8 Å². The number of nitrogens with zero attached hydrogens (tertiary/aromatic N) is 1. The summed E-state index contributed by atoms with van der Waals surface area (Å²) < 4.78 is 32.2. The highest BCUT2D eigenvalue weighted by Gasteiger charge is 2.30. The van der Waals surface area contributed by atoms with E-state index in [0.29, 0.717) is 25.1 Å². The Kier molecular flexibility index (Phi) is 11.5. The smallest absolute Gasteiger partial charge is 0.243 e. The van der Waals surface area contributed by atoms with E-state index in [2.05, 4.69) is 16.6 Å². The third kappa shape index (κ3) is 8.79. The van der Waals surface area contributed by atoms with Crippen molar-refractivity contribution >= 4 is 21.8 Å². The van der Waals surface area contributed by atoms with Gasteiger partial charge in [0, 0.05) is 32.5 Å². The minimum atomic E-state index is -3.56. The summed E-state index contributed by atoms with van der Waals surface area (Å²) in [5, 5.41) is 2.86. The third-order valence-electron chi connectivity index (χ3n) is 6.40. The van der Waals surface area contributed by atoms with Gasteiger partial charge < -0.3 is 15.0 Å². The number of methoxy groups -OCH3 is 1. The second-order valence-corrected chi connectivity index (χ2v) is 11.0. The highest BCUT2D eigenvalue weighted by molar-refractivity contribution is 7.89. The molecule has 1 atom stereocenters. The van der Waals surface area contributed by atoms with E-state index in [1.54, 1.807) is 37.1 Å². The number of hydrogen-bond donors (Lipinski definition) is 2. The van der Waals surface area contributed by atoms with Crippen LogP contribution in [0, 0.1) is 0 Å². The minimum Gasteiger partial charge on any atom is -0.497 e. The molecule has 0 saturated heterocycles. The van der Waals surface area contributed by atoms with Crippen molar-refractivity contribution in [3.05, 3.63) is 108 Å². The molecule has 9 heteroatoms. The van der Waals surface area contributed by atoms with Crippen molar-refractivity contribution in [2.24, 2.45) is 0 Å². The molecular weight excluding hydrogens is 526 g/mol. The molecule has 0 fully saturated rings. The molecule has 0 heterocycles. The van der Waals surface area contributed by atoms with Gasteiger partial charge >= 0.3 is 0 Å². The standard InChI is InChI=1S/C31H37N3O5S/c1-4-21-32-31(36)29(22-25-9-7-6-8-10-25)34(23-26-11-16-27(39-3)17-12-26)30(35)20-15-24-13-18-28(19-14-24)40(37,38)33-5-2/h4,6-14,16-19,29,33H,1,5,15,20-23H2,2-3H3,(H,32,36)/t29-/m0/s1. The fourth-order valence-electron chi connectivity index (χ4n) is 4.28. The van der Waals surface area contributed by atoms with Crippen LogP contribution in [0.3, 0.4) is 0 Å². The van der Waals surface area contributed by atoms with Crippen LogP contribution in [0.25, 0.3) is 0 Å². The van der Waals surface area contributed by atoms with Crippen LogP contribution in [-0.2, 0) is 39.0 Å². The summed E-state index contributed by atoms with van der Waals surface area (Å²) in [5.74, 6) is 0.254. The molecule has 212 valence electrons. The molecule has 0 bridgehead atoms. The Morgan fingerprint density at radius 1 is 0.950 bits per heavy atom. The summed E-state index contributed by atoms with van der Waals surface area (Å²) in [6.07, 6.45) is 2.50. The van der Waals surface area contributed by atoms with Crippen LogP contribution in [-0.4, -0.2) is 51.4 Å². The van der Waals surface area contributed by atoms with E-state index in [4.69, 9.17) is 4.74 Å². The van der Waals surface area contributed by atoms with Crippen molar-refractivity contribution in [1.82, 2.24) is 14.9 Å². The number of sulfonamides is 1. The number of rotatable bonds is 15. The van der Waals surface area contributed by atoms with Crippen LogP contribution in [0.4, 0.5) is 0 Å². The summed E-state index contributed by atoms with van der Waals surface area (Å²) in [6.45, 7) is 6.23. The Bertz CT molecular complexity index is 1360. The summed E-state index contributed by atoms with van der Waals surface area (Å²) in [7, 11) is -1.97. The van der Waals surface area contributed by atoms with E-state index in [9.17, 15) is 18.0 Å². The van der Waals surface area contributed by atoms with Crippen LogP contribution >= 0.6 is 0 Å². The molecule has 2 amide bonds. The molecule has 0 spiro atoms. The number of aryl methyl sites for hydroxylation is 1. The van der Waals surface area contributed by atoms with Crippen molar-refractivity contribution in [2.75, 3.05) is 20.2 Å². The van der Waals surface area contributed by atoms with E-state index < -0.39 is 16.1 Å². The Balaban J connectivity index is 1.86. The van der Waals surface area contributed by atoms with Gasteiger partial charge in [-0.25, -0.2) is 13.1 Å². The summed E-state index contributed by atoms with van der Waals surface area (Å²) in [6, 6.07) is 22.8. The van der Waals surface area contributed by atoms with Gasteiger partial charge in [-0.1, -0.05) is 67.6 Å². The lowest BCUT2D eigenvalue weighted by molar-refractivity contribution is -0.141. The zero-order valence-corrected chi connectivity index (χ0v) is 23.8. The first kappa shape index (κ1) is 30.6. The van der Waals surface area contributed by atoms with Gasteiger partial charge in [-0.3, -0.25) is 9.59 Å². The average Bonchev–Trinajstić information content (AvgIpc) is 2.97. The minimum absolute atomic E-state index is 0.148. The Morgan fingerprint density at radius 3 is 2.20 bits per heavy atom. The van der Waals surface area contributed by atoms with Gasteiger partial charge in [0.2, 0.25) is 21.8 Å². The highest BCUT2D eigenvalue weighted by atomic mass is 32.2. The van der Waals surface area contributed by atoms with Gasteiger partial charge in [0.25, 0.3) is 0 Å². The molecule has 3 aromatic carbocycles. The molecule has 0 unspecified atom stereocenters. The second kappa shape index (κ2) is 15.0. The number of amides is 2. The number of hydrogen-bond acceptors (Lipinski definition) is 5. The largest absolute Gasteiger partial charge is 0.497 e. The zero-order chi connectivity index (χ0) is 29.0.